The molecule has 12 aromatic rings. The Morgan fingerprint density at radius 2 is 1.23 bits per heavy atom. The van der Waals surface area contributed by atoms with E-state index in [2.05, 4.69) is 169 Å². The van der Waals surface area contributed by atoms with E-state index < -0.39 is 0 Å². The molecule has 5 aromatic heterocycles. The van der Waals surface area contributed by atoms with Crippen LogP contribution in [0.2, 0.25) is 0 Å². The maximum Gasteiger partial charge on any atom is 0.242 e. The van der Waals surface area contributed by atoms with Gasteiger partial charge in [0.15, 0.2) is 0 Å². The minimum Gasteiger partial charge on any atom is -0.510 e. The van der Waals surface area contributed by atoms with Crippen LogP contribution in [0.15, 0.2) is 152 Å². The van der Waals surface area contributed by atoms with Gasteiger partial charge in [0.1, 0.15) is 5.82 Å². The second-order valence-electron chi connectivity index (χ2n) is 17.0. The van der Waals surface area contributed by atoms with Gasteiger partial charge in [0.05, 0.1) is 40.1 Å². The number of nitrogens with zero attached hydrogens (tertiary/aromatic N) is 6. The first kappa shape index (κ1) is 38.0. The van der Waals surface area contributed by atoms with Crippen LogP contribution in [0.4, 0.5) is 0 Å². The van der Waals surface area contributed by atoms with E-state index in [0.29, 0.717) is 11.5 Å². The number of imidazole rings is 1. The first-order valence-electron chi connectivity index (χ1n) is 20.7. The van der Waals surface area contributed by atoms with Gasteiger partial charge in [0, 0.05) is 78.6 Å². The molecule has 0 amide bonds. The summed E-state index contributed by atoms with van der Waals surface area (Å²) in [6.45, 7) is 6.75. The third-order valence-electron chi connectivity index (χ3n) is 12.3. The van der Waals surface area contributed by atoms with Gasteiger partial charge in [0.25, 0.3) is 0 Å². The molecule has 0 atom stereocenters. The van der Waals surface area contributed by atoms with Crippen LogP contribution in [-0.2, 0) is 40.6 Å². The van der Waals surface area contributed by atoms with Crippen LogP contribution in [0.25, 0.3) is 93.6 Å². The Bertz CT molecular complexity index is 3750. The van der Waals surface area contributed by atoms with Crippen LogP contribution in [0, 0.1) is 18.5 Å². The second-order valence-corrected chi connectivity index (χ2v) is 17.0. The van der Waals surface area contributed by atoms with Gasteiger partial charge in [-0.1, -0.05) is 116 Å². The number of ether oxygens (including phenoxy) is 1. The molecule has 0 aliphatic heterocycles. The van der Waals surface area contributed by atoms with Crippen LogP contribution >= 0.6 is 0 Å². The molecule has 12 rings (SSSR count). The molecule has 0 aliphatic rings. The number of benzene rings is 7. The molecule has 7 nitrogen and oxygen atoms in total. The first-order valence-corrected chi connectivity index (χ1v) is 20.7. The number of para-hydroxylation sites is 5. The average Bonchev–Trinajstić information content (AvgIpc) is 4.00. The molecule has 0 saturated heterocycles. The number of pyridine rings is 1. The van der Waals surface area contributed by atoms with E-state index in [0.717, 1.165) is 61.1 Å². The van der Waals surface area contributed by atoms with E-state index >= 15 is 0 Å². The number of rotatable bonds is 5. The van der Waals surface area contributed by atoms with Crippen LogP contribution in [0.1, 0.15) is 26.3 Å². The van der Waals surface area contributed by atoms with Gasteiger partial charge in [-0.2, -0.15) is 18.2 Å². The summed E-state index contributed by atoms with van der Waals surface area (Å²) >= 11 is 0. The fraction of sp³-hybridized carbons (Fsp3) is 0.111. The minimum absolute atomic E-state index is 0. The molecule has 0 N–H and O–H groups in total. The third kappa shape index (κ3) is 5.54. The maximum absolute atomic E-state index is 6.73. The summed E-state index contributed by atoms with van der Waals surface area (Å²) in [4.78, 5) is 5.15. The van der Waals surface area contributed by atoms with Crippen molar-refractivity contribution >= 4 is 76.5 Å². The second kappa shape index (κ2) is 14.0. The van der Waals surface area contributed by atoms with Crippen LogP contribution in [0.5, 0.6) is 11.5 Å². The van der Waals surface area contributed by atoms with E-state index in [1.807, 2.05) is 58.8 Å². The Morgan fingerprint density at radius 3 is 2.00 bits per heavy atom. The Balaban J connectivity index is 0.00000432. The average molecular weight is 984 g/mol. The zero-order chi connectivity index (χ0) is 41.1. The van der Waals surface area contributed by atoms with E-state index in [4.69, 9.17) is 9.72 Å². The number of fused-ring (bicyclic) bond motifs is 13. The van der Waals surface area contributed by atoms with Gasteiger partial charge >= 0.3 is 0 Å². The van der Waals surface area contributed by atoms with Gasteiger partial charge < -0.3 is 27.6 Å². The minimum atomic E-state index is -0.101. The summed E-state index contributed by atoms with van der Waals surface area (Å²) in [5.74, 6) is 1.99. The molecule has 0 fully saturated rings. The molecule has 0 saturated carbocycles. The Kier molecular flexibility index (Phi) is 8.61. The SMILES string of the molecule is Cn1[c-][n+](-c2[c-]c(Oc3[c-]c4c(cc3)c3c(c5c6ccccc6n(C)c5c5c6ccccc6n(-c6ccccc6)c53)n4-c3cc(C(C)(C)C)ccn3)ccc2)c2ccccc21.[Pt]. The van der Waals surface area contributed by atoms with Crippen molar-refractivity contribution < 1.29 is 30.4 Å². The van der Waals surface area contributed by atoms with Crippen molar-refractivity contribution in [1.29, 1.82) is 0 Å². The fourth-order valence-corrected chi connectivity index (χ4v) is 9.58. The van der Waals surface area contributed by atoms with Gasteiger partial charge in [0.2, 0.25) is 6.33 Å². The smallest absolute Gasteiger partial charge is 0.242 e. The summed E-state index contributed by atoms with van der Waals surface area (Å²) in [5.41, 5.74) is 11.8. The van der Waals surface area contributed by atoms with Crippen molar-refractivity contribution in [1.82, 2.24) is 23.3 Å². The number of hydrogen-bond donors (Lipinski definition) is 0. The van der Waals surface area contributed by atoms with Crippen LogP contribution in [-0.4, -0.2) is 23.3 Å². The molecule has 5 heterocycles. The van der Waals surface area contributed by atoms with Crippen molar-refractivity contribution in [3.63, 3.8) is 0 Å². The molecular weight excluding hydrogens is 944 g/mol. The van der Waals surface area contributed by atoms with Crippen molar-refractivity contribution in [2.45, 2.75) is 26.2 Å². The predicted molar refractivity (Wildman–Crippen MR) is 247 cm³/mol. The Morgan fingerprint density at radius 1 is 0.581 bits per heavy atom. The van der Waals surface area contributed by atoms with E-state index in [9.17, 15) is 0 Å². The molecule has 7 aromatic carbocycles. The van der Waals surface area contributed by atoms with Crippen molar-refractivity contribution in [3.05, 3.63) is 176 Å². The van der Waals surface area contributed by atoms with Crippen LogP contribution in [0.3, 0.4) is 0 Å². The molecule has 0 radical (unpaired) electrons. The molecule has 0 unspecified atom stereocenters. The molecule has 0 bridgehead atoms. The maximum atomic E-state index is 6.73. The molecule has 0 spiro atoms. The fourth-order valence-electron chi connectivity index (χ4n) is 9.58. The molecule has 304 valence electrons. The molecule has 62 heavy (non-hydrogen) atoms. The normalized spacial score (nSPS) is 12.1. The van der Waals surface area contributed by atoms with E-state index in [1.165, 1.54) is 38.1 Å². The predicted octanol–water partition coefficient (Wildman–Crippen LogP) is 12.2. The van der Waals surface area contributed by atoms with Gasteiger partial charge in [-0.15, -0.1) is 24.3 Å². The van der Waals surface area contributed by atoms with Crippen molar-refractivity contribution in [3.8, 4) is 28.7 Å². The molecule has 8 heteroatoms. The molecular formula is C54H40N6OPt-2. The third-order valence-corrected chi connectivity index (χ3v) is 12.3. The largest absolute Gasteiger partial charge is 0.510 e. The van der Waals surface area contributed by atoms with Crippen LogP contribution < -0.4 is 9.30 Å². The monoisotopic (exact) mass is 983 g/mol. The van der Waals surface area contributed by atoms with Crippen molar-refractivity contribution in [2.75, 3.05) is 0 Å². The first-order chi connectivity index (χ1) is 29.7. The van der Waals surface area contributed by atoms with Gasteiger partial charge in [-0.25, -0.2) is 4.98 Å². The van der Waals surface area contributed by atoms with Crippen molar-refractivity contribution in [2.24, 2.45) is 14.1 Å². The summed E-state index contributed by atoms with van der Waals surface area (Å²) in [5, 5.41) is 6.97. The number of aryl methyl sites for hydroxylation is 2. The van der Waals surface area contributed by atoms with Gasteiger partial charge in [-0.3, -0.25) is 0 Å². The Hall–Kier alpha value is -6.95. The summed E-state index contributed by atoms with van der Waals surface area (Å²) in [6, 6.07) is 58.5. The van der Waals surface area contributed by atoms with E-state index in [1.54, 1.807) is 0 Å². The van der Waals surface area contributed by atoms with E-state index in [-0.39, 0.29) is 26.5 Å². The summed E-state index contributed by atoms with van der Waals surface area (Å²) in [6.07, 6.45) is 5.37. The topological polar surface area (TPSA) is 45.7 Å². The quantitative estimate of drug-likeness (QED) is 0.127. The summed E-state index contributed by atoms with van der Waals surface area (Å²) in [7, 11) is 4.21. The zero-order valence-corrected chi connectivity index (χ0v) is 37.1. The standard InChI is InChI=1S/C54H40N6O.Pt/c1-54(2,3)34-28-29-55-47(30-34)60-46-32-38(61-37-19-15-18-36(31-37)58-33-56(4)44-24-13-14-25-45(44)58)26-27-41(46)50-52-49(51-48(53(50)60)39-20-9-11-22-42(39)57(51)5)40-21-10-12-23-43(40)59(52)35-16-7-6-8-17-35;/h6-30H,1-5H3;/q-2;. The number of hydrogen-bond acceptors (Lipinski definition) is 2. The number of aromatic nitrogens is 6. The summed E-state index contributed by atoms with van der Waals surface area (Å²) < 4.78 is 17.9. The molecule has 0 aliphatic carbocycles. The van der Waals surface area contributed by atoms with Gasteiger partial charge in [-0.05, 0) is 52.8 Å². The Labute approximate surface area is 372 Å². The zero-order valence-electron chi connectivity index (χ0n) is 34.8.